The third-order valence-corrected chi connectivity index (χ3v) is 5.52. The number of nitrogens with zero attached hydrogens (tertiary/aromatic N) is 2. The number of anilines is 1. The Morgan fingerprint density at radius 2 is 2.36 bits per heavy atom. The predicted octanol–water partition coefficient (Wildman–Crippen LogP) is 0.814. The average Bonchev–Trinajstić information content (AvgIpc) is 2.71. The number of nitrogen functional groups attached to an aromatic ring is 1. The van der Waals surface area contributed by atoms with Crippen molar-refractivity contribution in [3.05, 3.63) is 22.7 Å². The maximum atomic E-state index is 12.2. The number of hydrogen-bond acceptors (Lipinski definition) is 8. The maximum Gasteiger partial charge on any atom is 0.472 e. The van der Waals surface area contributed by atoms with E-state index in [0.29, 0.717) is 19.4 Å². The van der Waals surface area contributed by atoms with Crippen LogP contribution >= 0.6 is 7.82 Å². The molecule has 11 heteroatoms. The summed E-state index contributed by atoms with van der Waals surface area (Å²) in [4.78, 5) is 25.7. The molecule has 3 heterocycles. The monoisotopic (exact) mass is 375 g/mol. The van der Waals surface area contributed by atoms with Crippen LogP contribution in [0.2, 0.25) is 0 Å². The molecular weight excluding hydrogens is 353 g/mol. The fourth-order valence-corrected chi connectivity index (χ4v) is 4.17. The van der Waals surface area contributed by atoms with Crippen LogP contribution in [0.25, 0.3) is 0 Å². The number of ether oxygens (including phenoxy) is 2. The Bertz CT molecular complexity index is 737. The van der Waals surface area contributed by atoms with Gasteiger partial charge in [-0.2, -0.15) is 4.98 Å². The second-order valence-corrected chi connectivity index (χ2v) is 7.64. The van der Waals surface area contributed by atoms with Gasteiger partial charge < -0.3 is 20.1 Å². The minimum atomic E-state index is -4.26. The zero-order valence-corrected chi connectivity index (χ0v) is 14.9. The molecule has 140 valence electrons. The summed E-state index contributed by atoms with van der Waals surface area (Å²) in [5, 5.41) is 0. The number of rotatable bonds is 6. The molecule has 0 radical (unpaired) electrons. The lowest BCUT2D eigenvalue weighted by molar-refractivity contribution is -0.123. The van der Waals surface area contributed by atoms with Crippen molar-refractivity contribution in [1.29, 1.82) is 0 Å². The molecule has 2 aliphatic heterocycles. The van der Waals surface area contributed by atoms with Gasteiger partial charge in [0, 0.05) is 19.7 Å². The summed E-state index contributed by atoms with van der Waals surface area (Å²) < 4.78 is 35.1. The molecule has 2 saturated heterocycles. The molecule has 2 bridgehead atoms. The summed E-state index contributed by atoms with van der Waals surface area (Å²) in [7, 11) is -3.17. The lowest BCUT2D eigenvalue weighted by Gasteiger charge is -2.38. The van der Waals surface area contributed by atoms with Gasteiger partial charge in [0.15, 0.2) is 6.23 Å². The topological polar surface area (TPSA) is 135 Å². The van der Waals surface area contributed by atoms with E-state index < -0.39 is 37.5 Å². The molecule has 10 nitrogen and oxygen atoms in total. The summed E-state index contributed by atoms with van der Waals surface area (Å²) in [6.07, 6.45) is 0.831. The SMILES string of the molecule is CCC[C@@]12CCO[C@@H](C1OP(=O)(O)OC)[C@H](n1ccc(N)nc1=O)O2. The van der Waals surface area contributed by atoms with Crippen molar-refractivity contribution in [2.75, 3.05) is 19.5 Å². The number of phosphoric ester groups is 1. The molecule has 5 atom stereocenters. The minimum Gasteiger partial charge on any atom is -0.383 e. The van der Waals surface area contributed by atoms with Gasteiger partial charge >= 0.3 is 13.5 Å². The second-order valence-electron chi connectivity index (χ2n) is 6.13. The Morgan fingerprint density at radius 1 is 1.60 bits per heavy atom. The Balaban J connectivity index is 2.00. The zero-order valence-electron chi connectivity index (χ0n) is 14.0. The summed E-state index contributed by atoms with van der Waals surface area (Å²) in [6, 6.07) is 1.47. The first kappa shape index (κ1) is 18.5. The highest BCUT2D eigenvalue weighted by Crippen LogP contribution is 2.54. The van der Waals surface area contributed by atoms with E-state index in [4.69, 9.17) is 19.7 Å². The van der Waals surface area contributed by atoms with Crippen LogP contribution in [-0.2, 0) is 23.1 Å². The van der Waals surface area contributed by atoms with Gasteiger partial charge in [0.05, 0.1) is 6.61 Å². The van der Waals surface area contributed by atoms with E-state index in [2.05, 4.69) is 9.51 Å². The minimum absolute atomic E-state index is 0.0958. The van der Waals surface area contributed by atoms with Gasteiger partial charge in [-0.3, -0.25) is 13.6 Å². The van der Waals surface area contributed by atoms with Crippen molar-refractivity contribution in [3.63, 3.8) is 0 Å². The molecule has 2 unspecified atom stereocenters. The lowest BCUT2D eigenvalue weighted by Crippen LogP contribution is -2.50. The summed E-state index contributed by atoms with van der Waals surface area (Å²) >= 11 is 0. The van der Waals surface area contributed by atoms with E-state index in [1.54, 1.807) is 0 Å². The van der Waals surface area contributed by atoms with Crippen molar-refractivity contribution in [2.45, 2.75) is 50.2 Å². The van der Waals surface area contributed by atoms with Crippen LogP contribution in [0.15, 0.2) is 17.1 Å². The van der Waals surface area contributed by atoms with E-state index in [-0.39, 0.29) is 5.82 Å². The van der Waals surface area contributed by atoms with E-state index in [1.807, 2.05) is 6.92 Å². The van der Waals surface area contributed by atoms with Crippen LogP contribution in [0.3, 0.4) is 0 Å². The molecule has 0 spiro atoms. The largest absolute Gasteiger partial charge is 0.472 e. The van der Waals surface area contributed by atoms with Crippen molar-refractivity contribution in [2.24, 2.45) is 0 Å². The van der Waals surface area contributed by atoms with Gasteiger partial charge in [0.1, 0.15) is 23.6 Å². The third kappa shape index (κ3) is 3.38. The van der Waals surface area contributed by atoms with Gasteiger partial charge in [0.2, 0.25) is 0 Å². The van der Waals surface area contributed by atoms with Crippen LogP contribution in [0.1, 0.15) is 32.4 Å². The first-order chi connectivity index (χ1) is 11.8. The van der Waals surface area contributed by atoms with E-state index in [1.165, 1.54) is 16.8 Å². The van der Waals surface area contributed by atoms with Crippen LogP contribution in [0, 0.1) is 0 Å². The first-order valence-corrected chi connectivity index (χ1v) is 9.52. The van der Waals surface area contributed by atoms with Gasteiger partial charge in [-0.1, -0.05) is 13.3 Å². The molecule has 2 aliphatic rings. The molecule has 0 aromatic carbocycles. The smallest absolute Gasteiger partial charge is 0.383 e. The first-order valence-electron chi connectivity index (χ1n) is 8.03. The van der Waals surface area contributed by atoms with Gasteiger partial charge in [-0.15, -0.1) is 0 Å². The second kappa shape index (κ2) is 6.79. The standard InChI is InChI=1S/C14H22N3O7P/c1-3-5-14-6-8-22-10(11(14)24-25(19,20)21-2)12(23-14)17-7-4-9(15)16-13(17)18/h4,7,10-12H,3,5-6,8H2,1-2H3,(H,19,20)(H2,15,16,18)/t10-,11?,12+,14+/m0/s1. The Hall–Kier alpha value is -1.29. The quantitative estimate of drug-likeness (QED) is 0.692. The lowest BCUT2D eigenvalue weighted by atomic mass is 9.86. The molecular formula is C14H22N3O7P. The number of aromatic nitrogens is 2. The molecule has 0 aliphatic carbocycles. The van der Waals surface area contributed by atoms with Crippen molar-refractivity contribution < 1.29 is 28.0 Å². The van der Waals surface area contributed by atoms with Crippen LogP contribution in [0.4, 0.5) is 5.82 Å². The van der Waals surface area contributed by atoms with Crippen molar-refractivity contribution in [1.82, 2.24) is 9.55 Å². The fourth-order valence-electron chi connectivity index (χ4n) is 3.49. The highest BCUT2D eigenvalue weighted by molar-refractivity contribution is 7.47. The summed E-state index contributed by atoms with van der Waals surface area (Å²) in [6.45, 7) is 2.36. The van der Waals surface area contributed by atoms with Crippen LogP contribution in [0.5, 0.6) is 0 Å². The number of nitrogens with two attached hydrogens (primary N) is 1. The van der Waals surface area contributed by atoms with Crippen molar-refractivity contribution in [3.8, 4) is 0 Å². The molecule has 1 aromatic rings. The molecule has 2 fully saturated rings. The summed E-state index contributed by atoms with van der Waals surface area (Å²) in [5.41, 5.74) is 4.09. The average molecular weight is 375 g/mol. The number of hydrogen-bond donors (Lipinski definition) is 2. The normalized spacial score (nSPS) is 34.0. The van der Waals surface area contributed by atoms with Crippen molar-refractivity contribution >= 4 is 13.6 Å². The number of fused-ring (bicyclic) bond motifs is 2. The predicted molar refractivity (Wildman–Crippen MR) is 86.7 cm³/mol. The molecule has 3 N–H and O–H groups in total. The Morgan fingerprint density at radius 3 is 3.00 bits per heavy atom. The summed E-state index contributed by atoms with van der Waals surface area (Å²) in [5.74, 6) is 0.0958. The Kier molecular flexibility index (Phi) is 5.02. The number of phosphoric acid groups is 1. The van der Waals surface area contributed by atoms with E-state index in [9.17, 15) is 14.3 Å². The Labute approximate surface area is 144 Å². The van der Waals surface area contributed by atoms with Crippen LogP contribution < -0.4 is 11.4 Å². The highest BCUT2D eigenvalue weighted by atomic mass is 31.2. The van der Waals surface area contributed by atoms with Crippen LogP contribution in [-0.4, -0.2) is 46.0 Å². The van der Waals surface area contributed by atoms with E-state index >= 15 is 0 Å². The van der Waals surface area contributed by atoms with Gasteiger partial charge in [0.25, 0.3) is 0 Å². The zero-order chi connectivity index (χ0) is 18.2. The molecule has 3 rings (SSSR count). The molecule has 1 aromatic heterocycles. The van der Waals surface area contributed by atoms with E-state index in [0.717, 1.165) is 13.5 Å². The van der Waals surface area contributed by atoms with Gasteiger partial charge in [-0.05, 0) is 12.5 Å². The highest BCUT2D eigenvalue weighted by Gasteiger charge is 2.61. The molecule has 25 heavy (non-hydrogen) atoms. The van der Waals surface area contributed by atoms with Gasteiger partial charge in [-0.25, -0.2) is 9.36 Å². The third-order valence-electron chi connectivity index (χ3n) is 4.57. The fraction of sp³-hybridized carbons (Fsp3) is 0.714. The molecule has 0 amide bonds. The maximum absolute atomic E-state index is 12.2. The molecule has 0 saturated carbocycles.